The van der Waals surface area contributed by atoms with Gasteiger partial charge in [-0.05, 0) is 58.6 Å². The summed E-state index contributed by atoms with van der Waals surface area (Å²) in [6.45, 7) is 8.05. The van der Waals surface area contributed by atoms with Crippen molar-refractivity contribution in [1.82, 2.24) is 29.5 Å². The summed E-state index contributed by atoms with van der Waals surface area (Å²) in [5.41, 5.74) is 2.92. The van der Waals surface area contributed by atoms with Gasteiger partial charge in [0.15, 0.2) is 5.82 Å². The van der Waals surface area contributed by atoms with Gasteiger partial charge >= 0.3 is 5.97 Å². The third kappa shape index (κ3) is 4.81. The maximum absolute atomic E-state index is 14.6. The average Bonchev–Trinajstić information content (AvgIpc) is 3.56. The molecular weight excluding hydrogens is 480 g/mol. The summed E-state index contributed by atoms with van der Waals surface area (Å²) in [6, 6.07) is 5.19. The molecule has 0 saturated heterocycles. The quantitative estimate of drug-likeness (QED) is 0.333. The van der Waals surface area contributed by atoms with Gasteiger partial charge in [-0.25, -0.2) is 32.9 Å². The van der Waals surface area contributed by atoms with Crippen molar-refractivity contribution in [3.8, 4) is 17.1 Å². The number of hydrogen-bond donors (Lipinski definition) is 1. The SMILES string of the molecule is CCOC(=O)c1c(C)nn(-c2cc(Nc3c(C)c(-c4ccc(F)cc4F)nn3CC3CC3)ncn2)c1C. The van der Waals surface area contributed by atoms with E-state index in [1.807, 2.05) is 11.6 Å². The lowest BCUT2D eigenvalue weighted by Crippen LogP contribution is -2.10. The summed E-state index contributed by atoms with van der Waals surface area (Å²) >= 11 is 0. The van der Waals surface area contributed by atoms with E-state index in [2.05, 4.69) is 25.5 Å². The molecule has 0 bridgehead atoms. The molecule has 1 fully saturated rings. The summed E-state index contributed by atoms with van der Waals surface area (Å²) in [5.74, 6) is 0.357. The predicted octanol–water partition coefficient (Wildman–Crippen LogP) is 5.06. The number of anilines is 2. The van der Waals surface area contributed by atoms with E-state index >= 15 is 0 Å². The third-order valence-corrected chi connectivity index (χ3v) is 6.39. The first-order valence-corrected chi connectivity index (χ1v) is 12.1. The lowest BCUT2D eigenvalue weighted by Gasteiger charge is -2.11. The number of ether oxygens (including phenoxy) is 1. The molecule has 0 atom stereocenters. The molecule has 1 aliphatic rings. The van der Waals surface area contributed by atoms with Gasteiger partial charge in [0.05, 0.1) is 18.0 Å². The maximum atomic E-state index is 14.6. The highest BCUT2D eigenvalue weighted by atomic mass is 19.1. The lowest BCUT2D eigenvalue weighted by atomic mass is 10.1. The molecular formula is C26H27F2N7O2. The average molecular weight is 508 g/mol. The number of esters is 1. The van der Waals surface area contributed by atoms with Crippen LogP contribution >= 0.6 is 0 Å². The van der Waals surface area contributed by atoms with Crippen molar-refractivity contribution in [3.05, 3.63) is 64.7 Å². The normalized spacial score (nSPS) is 13.1. The minimum atomic E-state index is -0.669. The molecule has 1 aliphatic carbocycles. The fraction of sp³-hybridized carbons (Fsp3) is 0.346. The third-order valence-electron chi connectivity index (χ3n) is 6.39. The van der Waals surface area contributed by atoms with Crippen LogP contribution in [0.2, 0.25) is 0 Å². The van der Waals surface area contributed by atoms with Crippen molar-refractivity contribution in [2.45, 2.75) is 47.1 Å². The molecule has 3 heterocycles. The molecule has 1 aromatic carbocycles. The van der Waals surface area contributed by atoms with Crippen LogP contribution in [0.5, 0.6) is 0 Å². The summed E-state index contributed by atoms with van der Waals surface area (Å²) < 4.78 is 36.7. The fourth-order valence-electron chi connectivity index (χ4n) is 4.34. The van der Waals surface area contributed by atoms with Crippen LogP contribution in [0.3, 0.4) is 0 Å². The van der Waals surface area contributed by atoms with Crippen LogP contribution in [-0.2, 0) is 11.3 Å². The number of benzene rings is 1. The van der Waals surface area contributed by atoms with Gasteiger partial charge in [0, 0.05) is 29.8 Å². The van der Waals surface area contributed by atoms with Crippen LogP contribution in [0.1, 0.15) is 47.1 Å². The molecule has 192 valence electrons. The van der Waals surface area contributed by atoms with E-state index in [1.165, 1.54) is 18.5 Å². The second kappa shape index (κ2) is 9.72. The predicted molar refractivity (Wildman–Crippen MR) is 133 cm³/mol. The molecule has 37 heavy (non-hydrogen) atoms. The second-order valence-corrected chi connectivity index (χ2v) is 9.14. The number of nitrogens with one attached hydrogen (secondary N) is 1. The zero-order valence-corrected chi connectivity index (χ0v) is 21.0. The van der Waals surface area contributed by atoms with E-state index in [0.29, 0.717) is 58.1 Å². The Morgan fingerprint density at radius 3 is 2.62 bits per heavy atom. The monoisotopic (exact) mass is 507 g/mol. The van der Waals surface area contributed by atoms with Crippen LogP contribution < -0.4 is 5.32 Å². The number of aryl methyl sites for hydroxylation is 1. The molecule has 5 rings (SSSR count). The van der Waals surface area contributed by atoms with Gasteiger partial charge < -0.3 is 10.1 Å². The maximum Gasteiger partial charge on any atom is 0.341 e. The number of carbonyl (C=O) groups excluding carboxylic acids is 1. The molecule has 1 N–H and O–H groups in total. The smallest absolute Gasteiger partial charge is 0.341 e. The van der Waals surface area contributed by atoms with Gasteiger partial charge in [-0.2, -0.15) is 10.2 Å². The highest BCUT2D eigenvalue weighted by Crippen LogP contribution is 2.36. The minimum absolute atomic E-state index is 0.231. The topological polar surface area (TPSA) is 99.8 Å². The zero-order chi connectivity index (χ0) is 26.3. The van der Waals surface area contributed by atoms with Crippen molar-refractivity contribution >= 4 is 17.6 Å². The zero-order valence-electron chi connectivity index (χ0n) is 21.0. The first kappa shape index (κ1) is 24.5. The summed E-state index contributed by atoms with van der Waals surface area (Å²) in [4.78, 5) is 21.1. The largest absolute Gasteiger partial charge is 0.462 e. The Labute approximate surface area is 212 Å². The molecule has 4 aromatic rings. The number of halogens is 2. The standard InChI is InChI=1S/C26H27F2N7O2/c1-5-37-26(36)23-15(3)32-35(16(23)4)22-11-21(29-13-30-22)31-25-14(2)24(33-34(25)12-17-6-7-17)19-9-8-18(27)10-20(19)28/h8-11,13,17H,5-7,12H2,1-4H3,(H,29,30,31). The number of aromatic nitrogens is 6. The van der Waals surface area contributed by atoms with E-state index in [0.717, 1.165) is 18.9 Å². The van der Waals surface area contributed by atoms with Crippen molar-refractivity contribution in [1.29, 1.82) is 0 Å². The molecule has 11 heteroatoms. The summed E-state index contributed by atoms with van der Waals surface area (Å²) in [5, 5.41) is 12.5. The number of nitrogens with zero attached hydrogens (tertiary/aromatic N) is 6. The molecule has 0 aliphatic heterocycles. The first-order valence-electron chi connectivity index (χ1n) is 12.1. The Bertz CT molecular complexity index is 1490. The van der Waals surface area contributed by atoms with E-state index in [4.69, 9.17) is 4.74 Å². The van der Waals surface area contributed by atoms with Gasteiger partial charge in [-0.15, -0.1) is 0 Å². The van der Waals surface area contributed by atoms with Crippen molar-refractivity contribution in [2.75, 3.05) is 11.9 Å². The van der Waals surface area contributed by atoms with Gasteiger partial charge in [-0.3, -0.25) is 0 Å². The molecule has 3 aromatic heterocycles. The van der Waals surface area contributed by atoms with Crippen LogP contribution in [0, 0.1) is 38.3 Å². The van der Waals surface area contributed by atoms with Crippen molar-refractivity contribution in [2.24, 2.45) is 5.92 Å². The van der Waals surface area contributed by atoms with E-state index in [9.17, 15) is 13.6 Å². The van der Waals surface area contributed by atoms with Gasteiger partial charge in [0.1, 0.15) is 40.9 Å². The summed E-state index contributed by atoms with van der Waals surface area (Å²) in [7, 11) is 0. The van der Waals surface area contributed by atoms with Gasteiger partial charge in [0.2, 0.25) is 0 Å². The Hall–Kier alpha value is -4.15. The molecule has 0 unspecified atom stereocenters. The Morgan fingerprint density at radius 2 is 1.92 bits per heavy atom. The van der Waals surface area contributed by atoms with E-state index in [1.54, 1.807) is 31.5 Å². The number of carbonyl (C=O) groups is 1. The Balaban J connectivity index is 1.51. The summed E-state index contributed by atoms with van der Waals surface area (Å²) in [6.07, 6.45) is 3.61. The van der Waals surface area contributed by atoms with Gasteiger partial charge in [0.25, 0.3) is 0 Å². The minimum Gasteiger partial charge on any atom is -0.462 e. The fourth-order valence-corrected chi connectivity index (χ4v) is 4.34. The molecule has 0 spiro atoms. The van der Waals surface area contributed by atoms with E-state index < -0.39 is 17.6 Å². The second-order valence-electron chi connectivity index (χ2n) is 9.14. The van der Waals surface area contributed by atoms with Crippen LogP contribution in [-0.4, -0.2) is 42.1 Å². The van der Waals surface area contributed by atoms with Crippen LogP contribution in [0.15, 0.2) is 30.6 Å². The first-order chi connectivity index (χ1) is 17.8. The molecule has 0 radical (unpaired) electrons. The Morgan fingerprint density at radius 1 is 1.14 bits per heavy atom. The molecule has 9 nitrogen and oxygen atoms in total. The Kier molecular flexibility index (Phi) is 6.45. The van der Waals surface area contributed by atoms with Crippen molar-refractivity contribution < 1.29 is 18.3 Å². The number of hydrogen-bond acceptors (Lipinski definition) is 7. The highest BCUT2D eigenvalue weighted by Gasteiger charge is 2.27. The van der Waals surface area contributed by atoms with Gasteiger partial charge in [-0.1, -0.05) is 0 Å². The van der Waals surface area contributed by atoms with E-state index in [-0.39, 0.29) is 12.2 Å². The number of rotatable bonds is 8. The van der Waals surface area contributed by atoms with Crippen LogP contribution in [0.25, 0.3) is 17.1 Å². The van der Waals surface area contributed by atoms with Crippen molar-refractivity contribution in [3.63, 3.8) is 0 Å². The molecule has 0 amide bonds. The van der Waals surface area contributed by atoms with Crippen LogP contribution in [0.4, 0.5) is 20.4 Å². The lowest BCUT2D eigenvalue weighted by molar-refractivity contribution is 0.0524. The molecule has 1 saturated carbocycles. The highest BCUT2D eigenvalue weighted by molar-refractivity contribution is 5.92.